The minimum Gasteiger partial charge on any atom is -0.450 e. The van der Waals surface area contributed by atoms with Gasteiger partial charge in [0.25, 0.3) is 0 Å². The molecule has 1 heterocycles. The van der Waals surface area contributed by atoms with Crippen molar-refractivity contribution in [3.63, 3.8) is 0 Å². The van der Waals surface area contributed by atoms with Gasteiger partial charge in [-0.1, -0.05) is 35.9 Å². The lowest BCUT2D eigenvalue weighted by molar-refractivity contribution is -0.896. The summed E-state index contributed by atoms with van der Waals surface area (Å²) in [4.78, 5) is 13.2. The van der Waals surface area contributed by atoms with Crippen LogP contribution in [0.25, 0.3) is 0 Å². The van der Waals surface area contributed by atoms with Crippen molar-refractivity contribution in [2.45, 2.75) is 19.4 Å². The predicted octanol–water partition coefficient (Wildman–Crippen LogP) is 3.07. The average molecular weight is 346 g/mol. The zero-order valence-corrected chi connectivity index (χ0v) is 14.7. The van der Waals surface area contributed by atoms with Crippen LogP contribution < -0.4 is 10.2 Å². The van der Waals surface area contributed by atoms with E-state index in [9.17, 15) is 4.79 Å². The largest absolute Gasteiger partial charge is 0.450 e. The van der Waals surface area contributed by atoms with Crippen LogP contribution in [0.1, 0.15) is 29.5 Å². The maximum Gasteiger partial charge on any atom is 0.411 e. The van der Waals surface area contributed by atoms with Crippen LogP contribution in [0, 0.1) is 0 Å². The summed E-state index contributed by atoms with van der Waals surface area (Å²) in [5.74, 6) is 0.287. The molecular weight excluding hydrogens is 324 g/mol. The van der Waals surface area contributed by atoms with Crippen LogP contribution in [-0.2, 0) is 11.3 Å². The summed E-state index contributed by atoms with van der Waals surface area (Å²) in [7, 11) is 2.17. The number of rotatable bonds is 3. The third-order valence-electron chi connectivity index (χ3n) is 4.40. The van der Waals surface area contributed by atoms with E-state index < -0.39 is 6.09 Å². The van der Waals surface area contributed by atoms with Crippen LogP contribution >= 0.6 is 11.6 Å². The second-order valence-electron chi connectivity index (χ2n) is 6.16. The van der Waals surface area contributed by atoms with E-state index in [2.05, 4.69) is 30.6 Å². The van der Waals surface area contributed by atoms with Crippen molar-refractivity contribution >= 4 is 23.4 Å². The maximum absolute atomic E-state index is 11.8. The lowest BCUT2D eigenvalue weighted by Gasteiger charge is -2.31. The molecule has 1 amide bonds. The number of hydrogen-bond acceptors (Lipinski definition) is 2. The number of quaternary nitrogens is 1. The summed E-state index contributed by atoms with van der Waals surface area (Å²) < 4.78 is 5.02. The number of nitrogens with one attached hydrogen (secondary N) is 2. The summed E-state index contributed by atoms with van der Waals surface area (Å²) in [5, 5.41) is 3.62. The van der Waals surface area contributed by atoms with Gasteiger partial charge in [0.15, 0.2) is 0 Å². The van der Waals surface area contributed by atoms with Gasteiger partial charge in [0, 0.05) is 10.6 Å². The highest BCUT2D eigenvalue weighted by Gasteiger charge is 2.29. The molecule has 0 radical (unpaired) electrons. The van der Waals surface area contributed by atoms with Crippen molar-refractivity contribution < 1.29 is 14.4 Å². The van der Waals surface area contributed by atoms with Gasteiger partial charge < -0.3 is 9.64 Å². The normalized spacial score (nSPS) is 19.5. The summed E-state index contributed by atoms with van der Waals surface area (Å²) in [5.41, 5.74) is 4.52. The van der Waals surface area contributed by atoms with Crippen LogP contribution in [0.2, 0.25) is 5.02 Å². The molecule has 0 saturated heterocycles. The van der Waals surface area contributed by atoms with Crippen molar-refractivity contribution in [3.8, 4) is 0 Å². The highest BCUT2D eigenvalue weighted by molar-refractivity contribution is 6.30. The van der Waals surface area contributed by atoms with Crippen molar-refractivity contribution in [1.82, 2.24) is 0 Å². The van der Waals surface area contributed by atoms with Crippen LogP contribution in [0.15, 0.2) is 42.5 Å². The average Bonchev–Trinajstić information content (AvgIpc) is 2.56. The second-order valence-corrected chi connectivity index (χ2v) is 6.60. The van der Waals surface area contributed by atoms with Crippen molar-refractivity contribution in [1.29, 1.82) is 0 Å². The number of carbonyl (C=O) groups is 1. The van der Waals surface area contributed by atoms with E-state index in [-0.39, 0.29) is 5.92 Å². The smallest absolute Gasteiger partial charge is 0.411 e. The monoisotopic (exact) mass is 345 g/mol. The number of hydrogen-bond donors (Lipinski definition) is 2. The molecule has 0 bridgehead atoms. The first kappa shape index (κ1) is 16.8. The molecule has 2 N–H and O–H groups in total. The third-order valence-corrected chi connectivity index (χ3v) is 4.66. The van der Waals surface area contributed by atoms with Gasteiger partial charge in [-0.2, -0.15) is 0 Å². The van der Waals surface area contributed by atoms with Crippen LogP contribution in [0.4, 0.5) is 10.5 Å². The van der Waals surface area contributed by atoms with Crippen molar-refractivity contribution in [2.75, 3.05) is 25.5 Å². The molecule has 2 unspecified atom stereocenters. The molecule has 0 fully saturated rings. The second kappa shape index (κ2) is 7.24. The quantitative estimate of drug-likeness (QED) is 0.897. The van der Waals surface area contributed by atoms with Gasteiger partial charge in [-0.05, 0) is 36.2 Å². The number of anilines is 1. The SMILES string of the molecule is CCOC(=O)Nc1cccc2c1C[NH+](C)CC2c1ccc(Cl)cc1. The third kappa shape index (κ3) is 3.55. The predicted molar refractivity (Wildman–Crippen MR) is 95.8 cm³/mol. The number of amides is 1. The topological polar surface area (TPSA) is 42.8 Å². The fourth-order valence-electron chi connectivity index (χ4n) is 3.35. The van der Waals surface area contributed by atoms with Gasteiger partial charge in [0.2, 0.25) is 0 Å². The van der Waals surface area contributed by atoms with Crippen LogP contribution in [0.5, 0.6) is 0 Å². The molecule has 4 nitrogen and oxygen atoms in total. The van der Waals surface area contributed by atoms with Gasteiger partial charge in [-0.25, -0.2) is 4.79 Å². The van der Waals surface area contributed by atoms with Crippen molar-refractivity contribution in [2.24, 2.45) is 0 Å². The van der Waals surface area contributed by atoms with E-state index >= 15 is 0 Å². The molecule has 1 aliphatic heterocycles. The Balaban J connectivity index is 1.97. The maximum atomic E-state index is 11.8. The molecule has 2 atom stereocenters. The fourth-order valence-corrected chi connectivity index (χ4v) is 3.47. The summed E-state index contributed by atoms with van der Waals surface area (Å²) >= 11 is 6.03. The van der Waals surface area contributed by atoms with Gasteiger partial charge in [-0.15, -0.1) is 0 Å². The first-order valence-corrected chi connectivity index (χ1v) is 8.58. The number of ether oxygens (including phenoxy) is 1. The van der Waals surface area contributed by atoms with E-state index in [4.69, 9.17) is 16.3 Å². The van der Waals surface area contributed by atoms with Gasteiger partial charge >= 0.3 is 6.09 Å². The molecule has 2 aromatic carbocycles. The van der Waals surface area contributed by atoms with Gasteiger partial charge in [0.05, 0.1) is 31.8 Å². The standard InChI is InChI=1S/C19H21ClN2O2/c1-3-24-19(23)21-18-6-4-5-15-16(11-22(2)12-17(15)18)13-7-9-14(20)10-8-13/h4-10,16H,3,11-12H2,1-2H3,(H,21,23)/p+1. The molecule has 0 saturated carbocycles. The number of benzene rings is 2. The Labute approximate surface area is 147 Å². The Morgan fingerprint density at radius 1 is 1.29 bits per heavy atom. The summed E-state index contributed by atoms with van der Waals surface area (Å²) in [6, 6.07) is 14.1. The zero-order chi connectivity index (χ0) is 17.1. The molecule has 1 aliphatic rings. The Morgan fingerprint density at radius 3 is 2.75 bits per heavy atom. The van der Waals surface area contributed by atoms with Crippen LogP contribution in [-0.4, -0.2) is 26.3 Å². The van der Waals surface area contributed by atoms with E-state index in [1.165, 1.54) is 21.6 Å². The highest BCUT2D eigenvalue weighted by atomic mass is 35.5. The molecule has 2 aromatic rings. The molecule has 0 aromatic heterocycles. The number of carbonyl (C=O) groups excluding carboxylic acids is 1. The zero-order valence-electron chi connectivity index (χ0n) is 13.9. The van der Waals surface area contributed by atoms with Crippen molar-refractivity contribution in [3.05, 3.63) is 64.2 Å². The van der Waals surface area contributed by atoms with E-state index in [0.29, 0.717) is 6.61 Å². The molecule has 3 rings (SSSR count). The Bertz CT molecular complexity index is 731. The first-order chi connectivity index (χ1) is 11.6. The van der Waals surface area contributed by atoms with E-state index in [1.807, 2.05) is 24.3 Å². The van der Waals surface area contributed by atoms with Gasteiger partial charge in [0.1, 0.15) is 6.54 Å². The summed E-state index contributed by atoms with van der Waals surface area (Å²) in [6.45, 7) is 4.05. The molecule has 126 valence electrons. The lowest BCUT2D eigenvalue weighted by atomic mass is 9.84. The Morgan fingerprint density at radius 2 is 2.04 bits per heavy atom. The molecule has 5 heteroatoms. The summed E-state index contributed by atoms with van der Waals surface area (Å²) in [6.07, 6.45) is -0.405. The fraction of sp³-hybridized carbons (Fsp3) is 0.316. The molecule has 0 spiro atoms. The number of fused-ring (bicyclic) bond motifs is 1. The number of likely N-dealkylation sites (N-methyl/N-ethyl adjacent to an activating group) is 1. The lowest BCUT2D eigenvalue weighted by Crippen LogP contribution is -3.09. The molecule has 24 heavy (non-hydrogen) atoms. The Kier molecular flexibility index (Phi) is 5.07. The van der Waals surface area contributed by atoms with E-state index in [1.54, 1.807) is 6.92 Å². The Hall–Kier alpha value is -2.04. The molecular formula is C19H22ClN2O2+. The minimum absolute atomic E-state index is 0.287. The minimum atomic E-state index is -0.405. The highest BCUT2D eigenvalue weighted by Crippen LogP contribution is 2.33. The molecule has 0 aliphatic carbocycles. The number of halogens is 1. The van der Waals surface area contributed by atoms with E-state index in [0.717, 1.165) is 23.8 Å². The van der Waals surface area contributed by atoms with Crippen LogP contribution in [0.3, 0.4) is 0 Å². The first-order valence-electron chi connectivity index (χ1n) is 8.20. The van der Waals surface area contributed by atoms with Gasteiger partial charge in [-0.3, -0.25) is 5.32 Å².